The van der Waals surface area contributed by atoms with Gasteiger partial charge in [-0.1, -0.05) is 17.7 Å². The van der Waals surface area contributed by atoms with Gasteiger partial charge in [0.1, 0.15) is 16.1 Å². The van der Waals surface area contributed by atoms with E-state index < -0.39 is 11.4 Å². The third kappa shape index (κ3) is 3.81. The van der Waals surface area contributed by atoms with Gasteiger partial charge in [-0.05, 0) is 64.5 Å². The van der Waals surface area contributed by atoms with Gasteiger partial charge in [-0.3, -0.25) is 0 Å². The molecule has 8 heteroatoms. The predicted molar refractivity (Wildman–Crippen MR) is 104 cm³/mol. The van der Waals surface area contributed by atoms with E-state index in [-0.39, 0.29) is 23.1 Å². The van der Waals surface area contributed by atoms with E-state index in [1.165, 1.54) is 13.2 Å². The van der Waals surface area contributed by atoms with Crippen molar-refractivity contribution in [3.63, 3.8) is 0 Å². The minimum absolute atomic E-state index is 0.118. The van der Waals surface area contributed by atoms with Gasteiger partial charge in [0.05, 0.1) is 18.7 Å². The summed E-state index contributed by atoms with van der Waals surface area (Å²) in [7, 11) is 1.29. The van der Waals surface area contributed by atoms with Crippen molar-refractivity contribution in [1.29, 1.82) is 0 Å². The average Bonchev–Trinajstić information content (AvgIpc) is 2.69. The molecule has 1 aromatic carbocycles. The van der Waals surface area contributed by atoms with Crippen LogP contribution in [0, 0.1) is 5.82 Å². The van der Waals surface area contributed by atoms with Gasteiger partial charge in [0, 0.05) is 12.0 Å². The van der Waals surface area contributed by atoms with E-state index in [1.807, 2.05) is 6.07 Å². The van der Waals surface area contributed by atoms with Crippen molar-refractivity contribution in [3.05, 3.63) is 56.5 Å². The number of hydrogen-bond donors (Lipinski definition) is 1. The van der Waals surface area contributed by atoms with Crippen molar-refractivity contribution in [3.8, 4) is 5.75 Å². The summed E-state index contributed by atoms with van der Waals surface area (Å²) in [5.74, 6) is -0.441. The molecule has 0 spiro atoms. The SMILES string of the molecule is COC(=O)c1ccc(OCC2(CN)CCCc3c2ccc(Cl)c3F)c(Br)n1. The van der Waals surface area contributed by atoms with Gasteiger partial charge in [0.15, 0.2) is 5.75 Å². The third-order valence-corrected chi connectivity index (χ3v) is 5.81. The number of rotatable bonds is 5. The van der Waals surface area contributed by atoms with Crippen LogP contribution < -0.4 is 10.5 Å². The van der Waals surface area contributed by atoms with Crippen molar-refractivity contribution >= 4 is 33.5 Å². The van der Waals surface area contributed by atoms with Crippen molar-refractivity contribution < 1.29 is 18.7 Å². The highest BCUT2D eigenvalue weighted by atomic mass is 79.9. The van der Waals surface area contributed by atoms with Gasteiger partial charge in [0.2, 0.25) is 0 Å². The number of fused-ring (bicyclic) bond motifs is 1. The van der Waals surface area contributed by atoms with Gasteiger partial charge in [-0.25, -0.2) is 14.2 Å². The molecule has 0 amide bonds. The summed E-state index contributed by atoms with van der Waals surface area (Å²) in [5.41, 5.74) is 7.21. The Morgan fingerprint density at radius 1 is 1.41 bits per heavy atom. The fourth-order valence-electron chi connectivity index (χ4n) is 3.46. The Morgan fingerprint density at radius 3 is 2.85 bits per heavy atom. The number of esters is 1. The minimum atomic E-state index is -0.533. The summed E-state index contributed by atoms with van der Waals surface area (Å²) in [6, 6.07) is 6.56. The number of carbonyl (C=O) groups is 1. The van der Waals surface area contributed by atoms with Crippen LogP contribution >= 0.6 is 27.5 Å². The zero-order valence-corrected chi connectivity index (χ0v) is 17.1. The summed E-state index contributed by atoms with van der Waals surface area (Å²) in [4.78, 5) is 15.7. The molecule has 1 atom stereocenters. The van der Waals surface area contributed by atoms with Crippen molar-refractivity contribution in [2.45, 2.75) is 24.7 Å². The molecule has 0 bridgehead atoms. The fraction of sp³-hybridized carbons (Fsp3) is 0.368. The second kappa shape index (κ2) is 8.12. The zero-order chi connectivity index (χ0) is 19.6. The number of hydrogen-bond acceptors (Lipinski definition) is 5. The lowest BCUT2D eigenvalue weighted by Gasteiger charge is -2.38. The largest absolute Gasteiger partial charge is 0.490 e. The van der Waals surface area contributed by atoms with Gasteiger partial charge in [0.25, 0.3) is 0 Å². The van der Waals surface area contributed by atoms with Gasteiger partial charge in [-0.15, -0.1) is 0 Å². The monoisotopic (exact) mass is 456 g/mol. The number of carbonyl (C=O) groups excluding carboxylic acids is 1. The van der Waals surface area contributed by atoms with E-state index in [4.69, 9.17) is 22.1 Å². The smallest absolute Gasteiger partial charge is 0.356 e. The molecule has 27 heavy (non-hydrogen) atoms. The van der Waals surface area contributed by atoms with Gasteiger partial charge >= 0.3 is 5.97 Å². The van der Waals surface area contributed by atoms with E-state index in [9.17, 15) is 9.18 Å². The molecule has 1 aromatic heterocycles. The number of nitrogens with zero attached hydrogens (tertiary/aromatic N) is 1. The number of benzene rings is 1. The van der Waals surface area contributed by atoms with Crippen LogP contribution in [0.4, 0.5) is 4.39 Å². The van der Waals surface area contributed by atoms with Crippen LogP contribution in [0.1, 0.15) is 34.5 Å². The fourth-order valence-corrected chi connectivity index (χ4v) is 4.07. The molecule has 2 aromatic rings. The lowest BCUT2D eigenvalue weighted by molar-refractivity contribution is 0.0593. The summed E-state index contributed by atoms with van der Waals surface area (Å²) in [6.45, 7) is 0.571. The highest BCUT2D eigenvalue weighted by Crippen LogP contribution is 2.40. The number of aromatic nitrogens is 1. The second-order valence-corrected chi connectivity index (χ2v) is 7.65. The quantitative estimate of drug-likeness (QED) is 0.542. The Bertz CT molecular complexity index is 880. The third-order valence-electron chi connectivity index (χ3n) is 4.95. The zero-order valence-electron chi connectivity index (χ0n) is 14.7. The summed E-state index contributed by atoms with van der Waals surface area (Å²) in [6.07, 6.45) is 2.21. The average molecular weight is 458 g/mol. The molecule has 0 radical (unpaired) electrons. The van der Waals surface area contributed by atoms with Crippen molar-refractivity contribution in [2.75, 3.05) is 20.3 Å². The molecule has 144 valence electrons. The maximum absolute atomic E-state index is 14.5. The van der Waals surface area contributed by atoms with Gasteiger partial charge < -0.3 is 15.2 Å². The molecule has 3 rings (SSSR count). The first kappa shape index (κ1) is 20.0. The Kier molecular flexibility index (Phi) is 6.03. The van der Waals surface area contributed by atoms with Crippen LogP contribution in [0.3, 0.4) is 0 Å². The molecule has 1 aliphatic carbocycles. The van der Waals surface area contributed by atoms with E-state index in [0.717, 1.165) is 18.4 Å². The van der Waals surface area contributed by atoms with Crippen LogP contribution in [-0.2, 0) is 16.6 Å². The normalized spacial score (nSPS) is 18.7. The van der Waals surface area contributed by atoms with E-state index >= 15 is 0 Å². The standard InChI is InChI=1S/C19H19BrClFN2O3/c1-26-18(25)14-6-7-15(17(20)24-14)27-10-19(9-23)8-2-3-11-12(19)4-5-13(21)16(11)22/h4-7H,2-3,8-10,23H2,1H3. The molecule has 0 saturated carbocycles. The molecule has 0 aliphatic heterocycles. The Balaban J connectivity index is 1.87. The van der Waals surface area contributed by atoms with Crippen molar-refractivity contribution in [2.24, 2.45) is 5.73 Å². The Labute approximate surface area is 170 Å². The maximum Gasteiger partial charge on any atom is 0.356 e. The number of halogens is 3. The van der Waals surface area contributed by atoms with Crippen molar-refractivity contribution in [1.82, 2.24) is 4.98 Å². The highest BCUT2D eigenvalue weighted by Gasteiger charge is 2.38. The van der Waals surface area contributed by atoms with Crippen LogP contribution in [0.5, 0.6) is 5.75 Å². The van der Waals surface area contributed by atoms with Crippen LogP contribution in [0.15, 0.2) is 28.9 Å². The molecular weight excluding hydrogens is 439 g/mol. The molecule has 1 aliphatic rings. The topological polar surface area (TPSA) is 74.4 Å². The Hall–Kier alpha value is -1.70. The predicted octanol–water partition coefficient (Wildman–Crippen LogP) is 4.04. The minimum Gasteiger partial charge on any atom is -0.490 e. The van der Waals surface area contributed by atoms with Crippen LogP contribution in [-0.4, -0.2) is 31.2 Å². The molecule has 1 heterocycles. The first-order valence-corrected chi connectivity index (χ1v) is 9.64. The number of pyridine rings is 1. The molecule has 0 saturated heterocycles. The lowest BCUT2D eigenvalue weighted by Crippen LogP contribution is -2.44. The molecule has 1 unspecified atom stereocenters. The summed E-state index contributed by atoms with van der Waals surface area (Å²) in [5, 5.41) is 0.118. The van der Waals surface area contributed by atoms with Crippen LogP contribution in [0.25, 0.3) is 0 Å². The van der Waals surface area contributed by atoms with E-state index in [0.29, 0.717) is 28.9 Å². The lowest BCUT2D eigenvalue weighted by atomic mass is 9.70. The second-order valence-electron chi connectivity index (χ2n) is 6.49. The number of nitrogens with two attached hydrogens (primary N) is 1. The van der Waals surface area contributed by atoms with Crippen LogP contribution in [0.2, 0.25) is 5.02 Å². The first-order chi connectivity index (χ1) is 12.9. The molecular formula is C19H19BrClFN2O3. The highest BCUT2D eigenvalue weighted by molar-refractivity contribution is 9.10. The number of methoxy groups -OCH3 is 1. The maximum atomic E-state index is 14.5. The van der Waals surface area contributed by atoms with E-state index in [2.05, 4.69) is 25.7 Å². The molecule has 5 nitrogen and oxygen atoms in total. The molecule has 2 N–H and O–H groups in total. The summed E-state index contributed by atoms with van der Waals surface area (Å²) < 4.78 is 25.5. The van der Waals surface area contributed by atoms with Gasteiger partial charge in [-0.2, -0.15) is 0 Å². The molecule has 0 fully saturated rings. The summed E-state index contributed by atoms with van der Waals surface area (Å²) >= 11 is 9.25. The number of ether oxygens (including phenoxy) is 2. The Morgan fingerprint density at radius 2 is 2.19 bits per heavy atom. The van der Waals surface area contributed by atoms with E-state index in [1.54, 1.807) is 12.1 Å². The first-order valence-electron chi connectivity index (χ1n) is 8.47.